The molecule has 1 aromatic heterocycles. The topological polar surface area (TPSA) is 66.5 Å². The Labute approximate surface area is 148 Å². The van der Waals surface area contributed by atoms with Crippen molar-refractivity contribution in [1.82, 2.24) is 9.88 Å². The van der Waals surface area contributed by atoms with Crippen LogP contribution in [0.1, 0.15) is 16.1 Å². The van der Waals surface area contributed by atoms with Crippen LogP contribution in [0.15, 0.2) is 42.6 Å². The molecule has 1 aliphatic rings. The number of morpholine rings is 1. The lowest BCUT2D eigenvalue weighted by molar-refractivity contribution is 0.0398. The second-order valence-corrected chi connectivity index (χ2v) is 6.13. The molecule has 0 saturated carbocycles. The number of hydrogen-bond donors (Lipinski definition) is 2. The van der Waals surface area contributed by atoms with E-state index in [4.69, 9.17) is 4.74 Å². The van der Waals surface area contributed by atoms with Crippen LogP contribution in [-0.2, 0) is 4.74 Å². The maximum absolute atomic E-state index is 12.4. The summed E-state index contributed by atoms with van der Waals surface area (Å²) in [4.78, 5) is 18.9. The molecule has 2 aromatic rings. The van der Waals surface area contributed by atoms with E-state index in [1.54, 1.807) is 12.3 Å². The number of benzene rings is 1. The van der Waals surface area contributed by atoms with E-state index < -0.39 is 0 Å². The minimum atomic E-state index is -0.206. The molecule has 1 fully saturated rings. The van der Waals surface area contributed by atoms with Crippen LogP contribution in [0.5, 0.6) is 0 Å². The molecule has 25 heavy (non-hydrogen) atoms. The molecular weight excluding hydrogens is 316 g/mol. The first-order chi connectivity index (χ1) is 12.2. The average molecular weight is 340 g/mol. The van der Waals surface area contributed by atoms with Crippen molar-refractivity contribution in [2.45, 2.75) is 6.92 Å². The van der Waals surface area contributed by atoms with Crippen molar-refractivity contribution >= 4 is 17.3 Å². The van der Waals surface area contributed by atoms with E-state index in [-0.39, 0.29) is 5.91 Å². The number of carbonyl (C=O) groups excluding carboxylic acids is 1. The molecule has 0 atom stereocenters. The van der Waals surface area contributed by atoms with E-state index in [2.05, 4.69) is 20.5 Å². The summed E-state index contributed by atoms with van der Waals surface area (Å²) in [5.41, 5.74) is 3.18. The first kappa shape index (κ1) is 17.4. The van der Waals surface area contributed by atoms with Gasteiger partial charge in [-0.3, -0.25) is 14.7 Å². The predicted octanol–water partition coefficient (Wildman–Crippen LogP) is 2.39. The Morgan fingerprint density at radius 3 is 2.84 bits per heavy atom. The number of aromatic nitrogens is 1. The maximum atomic E-state index is 12.4. The molecule has 2 heterocycles. The van der Waals surface area contributed by atoms with Gasteiger partial charge in [-0.2, -0.15) is 0 Å². The van der Waals surface area contributed by atoms with Crippen molar-refractivity contribution in [2.75, 3.05) is 50.0 Å². The van der Waals surface area contributed by atoms with Gasteiger partial charge in [0.25, 0.3) is 5.91 Å². The molecule has 0 spiro atoms. The summed E-state index contributed by atoms with van der Waals surface area (Å²) in [5, 5.41) is 6.24. The molecule has 0 bridgehead atoms. The highest BCUT2D eigenvalue weighted by molar-refractivity contribution is 6.03. The monoisotopic (exact) mass is 340 g/mol. The molecule has 132 valence electrons. The second-order valence-electron chi connectivity index (χ2n) is 6.13. The zero-order valence-electron chi connectivity index (χ0n) is 14.5. The summed E-state index contributed by atoms with van der Waals surface area (Å²) in [7, 11) is 0. The molecule has 6 heteroatoms. The summed E-state index contributed by atoms with van der Waals surface area (Å²) < 4.78 is 5.35. The number of aryl methyl sites for hydroxylation is 1. The van der Waals surface area contributed by atoms with Crippen molar-refractivity contribution < 1.29 is 9.53 Å². The normalized spacial score (nSPS) is 14.9. The molecule has 2 N–H and O–H groups in total. The molecular formula is C19H24N4O2. The van der Waals surface area contributed by atoms with Crippen LogP contribution in [0.25, 0.3) is 0 Å². The molecule has 0 aliphatic carbocycles. The Hall–Kier alpha value is -2.44. The van der Waals surface area contributed by atoms with Crippen molar-refractivity contribution in [1.29, 1.82) is 0 Å². The third-order valence-corrected chi connectivity index (χ3v) is 4.13. The molecule has 6 nitrogen and oxygen atoms in total. The number of nitrogens with one attached hydrogen (secondary N) is 2. The van der Waals surface area contributed by atoms with E-state index >= 15 is 0 Å². The average Bonchev–Trinajstić information content (AvgIpc) is 2.63. The number of amides is 1. The first-order valence-corrected chi connectivity index (χ1v) is 8.59. The fourth-order valence-corrected chi connectivity index (χ4v) is 2.77. The number of anilines is 2. The van der Waals surface area contributed by atoms with E-state index in [1.165, 1.54) is 0 Å². The van der Waals surface area contributed by atoms with Crippen LogP contribution in [-0.4, -0.2) is 55.2 Å². The van der Waals surface area contributed by atoms with Gasteiger partial charge in [0.2, 0.25) is 0 Å². The highest BCUT2D eigenvalue weighted by Crippen LogP contribution is 2.13. The smallest absolute Gasteiger partial charge is 0.274 e. The van der Waals surface area contributed by atoms with Gasteiger partial charge >= 0.3 is 0 Å². The summed E-state index contributed by atoms with van der Waals surface area (Å²) in [6.07, 6.45) is 1.65. The van der Waals surface area contributed by atoms with Gasteiger partial charge in [-0.25, -0.2) is 0 Å². The van der Waals surface area contributed by atoms with Gasteiger partial charge in [-0.1, -0.05) is 12.1 Å². The third-order valence-electron chi connectivity index (χ3n) is 4.13. The molecule has 3 rings (SSSR count). The molecule has 1 aromatic carbocycles. The van der Waals surface area contributed by atoms with Gasteiger partial charge in [-0.15, -0.1) is 0 Å². The third kappa shape index (κ3) is 5.27. The van der Waals surface area contributed by atoms with Crippen molar-refractivity contribution in [3.05, 3.63) is 53.9 Å². The van der Waals surface area contributed by atoms with Gasteiger partial charge in [0.1, 0.15) is 5.69 Å². The number of rotatable bonds is 6. The van der Waals surface area contributed by atoms with Gasteiger partial charge < -0.3 is 15.4 Å². The first-order valence-electron chi connectivity index (χ1n) is 8.59. The Balaban J connectivity index is 1.54. The van der Waals surface area contributed by atoms with Crippen LogP contribution < -0.4 is 10.6 Å². The number of hydrogen-bond acceptors (Lipinski definition) is 5. The fourth-order valence-electron chi connectivity index (χ4n) is 2.77. The van der Waals surface area contributed by atoms with E-state index in [0.29, 0.717) is 5.69 Å². The predicted molar refractivity (Wildman–Crippen MR) is 99.1 cm³/mol. The van der Waals surface area contributed by atoms with Crippen molar-refractivity contribution in [3.8, 4) is 0 Å². The zero-order chi connectivity index (χ0) is 17.5. The Morgan fingerprint density at radius 2 is 2.04 bits per heavy atom. The van der Waals surface area contributed by atoms with Gasteiger partial charge in [-0.05, 0) is 36.8 Å². The number of ether oxygens (including phenoxy) is 1. The van der Waals surface area contributed by atoms with Crippen LogP contribution in [0, 0.1) is 6.92 Å². The highest BCUT2D eigenvalue weighted by atomic mass is 16.5. The maximum Gasteiger partial charge on any atom is 0.274 e. The van der Waals surface area contributed by atoms with Crippen LogP contribution in [0.4, 0.5) is 11.4 Å². The lowest BCUT2D eigenvalue weighted by Crippen LogP contribution is -2.39. The lowest BCUT2D eigenvalue weighted by Gasteiger charge is -2.26. The quantitative estimate of drug-likeness (QED) is 0.845. The highest BCUT2D eigenvalue weighted by Gasteiger charge is 2.11. The fraction of sp³-hybridized carbons (Fsp3) is 0.368. The van der Waals surface area contributed by atoms with Crippen LogP contribution in [0.3, 0.4) is 0 Å². The summed E-state index contributed by atoms with van der Waals surface area (Å²) in [6, 6.07) is 11.4. The molecule has 1 aliphatic heterocycles. The van der Waals surface area contributed by atoms with E-state index in [0.717, 1.165) is 56.3 Å². The van der Waals surface area contributed by atoms with E-state index in [9.17, 15) is 4.79 Å². The Kier molecular flexibility index (Phi) is 5.98. The molecule has 0 unspecified atom stereocenters. The largest absolute Gasteiger partial charge is 0.384 e. The Bertz CT molecular complexity index is 714. The lowest BCUT2D eigenvalue weighted by atomic mass is 10.2. The molecule has 1 amide bonds. The minimum absolute atomic E-state index is 0.206. The number of pyridine rings is 1. The van der Waals surface area contributed by atoms with Crippen molar-refractivity contribution in [2.24, 2.45) is 0 Å². The summed E-state index contributed by atoms with van der Waals surface area (Å²) >= 11 is 0. The second kappa shape index (κ2) is 8.60. The van der Waals surface area contributed by atoms with E-state index in [1.807, 2.05) is 37.3 Å². The SMILES string of the molecule is Cc1cccc(NC(=O)c2cc(NCCN3CCOCC3)ccn2)c1. The minimum Gasteiger partial charge on any atom is -0.384 e. The van der Waals surface area contributed by atoms with Crippen molar-refractivity contribution in [3.63, 3.8) is 0 Å². The van der Waals surface area contributed by atoms with Crippen LogP contribution >= 0.6 is 0 Å². The number of nitrogens with zero attached hydrogens (tertiary/aromatic N) is 2. The summed E-state index contributed by atoms with van der Waals surface area (Å²) in [5.74, 6) is -0.206. The number of carbonyl (C=O) groups is 1. The van der Waals surface area contributed by atoms with Gasteiger partial charge in [0.15, 0.2) is 0 Å². The Morgan fingerprint density at radius 1 is 1.20 bits per heavy atom. The zero-order valence-corrected chi connectivity index (χ0v) is 14.5. The molecule has 1 saturated heterocycles. The summed E-state index contributed by atoms with van der Waals surface area (Å²) in [6.45, 7) is 7.33. The standard InChI is InChI=1S/C19H24N4O2/c1-15-3-2-4-17(13-15)22-19(24)18-14-16(5-6-21-18)20-7-8-23-9-11-25-12-10-23/h2-6,13-14H,7-12H2,1H3,(H,20,21)(H,22,24). The van der Waals surface area contributed by atoms with Gasteiger partial charge in [0.05, 0.1) is 13.2 Å². The molecule has 0 radical (unpaired) electrons. The van der Waals surface area contributed by atoms with Crippen LogP contribution in [0.2, 0.25) is 0 Å². The van der Waals surface area contributed by atoms with Gasteiger partial charge in [0, 0.05) is 43.8 Å².